The van der Waals surface area contributed by atoms with E-state index >= 15 is 0 Å². The molecule has 7 nitrogen and oxygen atoms in total. The molecule has 0 aliphatic carbocycles. The molecule has 1 amide bonds. The summed E-state index contributed by atoms with van der Waals surface area (Å²) in [4.78, 5) is 11.4. The van der Waals surface area contributed by atoms with Gasteiger partial charge in [0.15, 0.2) is 11.5 Å². The van der Waals surface area contributed by atoms with Crippen LogP contribution in [0, 0.1) is 11.3 Å². The van der Waals surface area contributed by atoms with Crippen molar-refractivity contribution in [3.05, 3.63) is 48.0 Å². The first-order valence-corrected chi connectivity index (χ1v) is 8.87. The van der Waals surface area contributed by atoms with Crippen molar-refractivity contribution in [1.29, 1.82) is 5.26 Å². The van der Waals surface area contributed by atoms with Crippen LogP contribution in [-0.4, -0.2) is 39.9 Å². The average molecular weight is 384 g/mol. The van der Waals surface area contributed by atoms with Gasteiger partial charge in [-0.05, 0) is 42.3 Å². The van der Waals surface area contributed by atoms with E-state index in [0.29, 0.717) is 37.7 Å². The van der Waals surface area contributed by atoms with Gasteiger partial charge in [0.1, 0.15) is 31.1 Å². The molecule has 0 spiro atoms. The number of ether oxygens (including phenoxy) is 4. The maximum Gasteiger partial charge on any atom is 0.234 e. The van der Waals surface area contributed by atoms with Gasteiger partial charge in [-0.3, -0.25) is 4.79 Å². The van der Waals surface area contributed by atoms with Crippen LogP contribution in [0.5, 0.6) is 23.0 Å². The smallest absolute Gasteiger partial charge is 0.234 e. The van der Waals surface area contributed by atoms with Crippen molar-refractivity contribution >= 4 is 5.91 Å². The summed E-state index contributed by atoms with van der Waals surface area (Å²) in [5.74, 6) is 2.44. The molecular formula is C21H24N2O5. The molecule has 0 aliphatic heterocycles. The lowest BCUT2D eigenvalue weighted by Gasteiger charge is -2.15. The standard InChI is InChI=1S/C21H24N2O5/c1-25-17-6-8-18(9-7-17)27-14-15-28-21-16(4-3-5-19(21)26-2)11-13-23-20(24)10-12-22/h3-9H,10-11,13-15H2,1-2H3,(H,23,24). The lowest BCUT2D eigenvalue weighted by atomic mass is 10.1. The van der Waals surface area contributed by atoms with E-state index in [0.717, 1.165) is 17.1 Å². The molecule has 0 fully saturated rings. The third kappa shape index (κ3) is 6.40. The largest absolute Gasteiger partial charge is 0.497 e. The molecule has 0 atom stereocenters. The molecule has 2 aromatic rings. The Kier molecular flexibility index (Phi) is 8.47. The van der Waals surface area contributed by atoms with Gasteiger partial charge in [0.2, 0.25) is 5.91 Å². The minimum absolute atomic E-state index is 0.149. The fourth-order valence-electron chi connectivity index (χ4n) is 2.53. The van der Waals surface area contributed by atoms with Gasteiger partial charge in [0.05, 0.1) is 20.3 Å². The summed E-state index contributed by atoms with van der Waals surface area (Å²) in [6, 6.07) is 14.7. The Bertz CT molecular complexity index is 799. The first-order chi connectivity index (χ1) is 13.7. The molecule has 2 rings (SSSR count). The number of carbonyl (C=O) groups excluding carboxylic acids is 1. The van der Waals surface area contributed by atoms with Crippen molar-refractivity contribution in [3.8, 4) is 29.1 Å². The lowest BCUT2D eigenvalue weighted by molar-refractivity contribution is -0.120. The van der Waals surface area contributed by atoms with Crippen LogP contribution in [0.25, 0.3) is 0 Å². The van der Waals surface area contributed by atoms with Crippen molar-refractivity contribution in [2.45, 2.75) is 12.8 Å². The van der Waals surface area contributed by atoms with Gasteiger partial charge in [0, 0.05) is 6.54 Å². The molecule has 0 saturated carbocycles. The number of nitrogens with zero attached hydrogens (tertiary/aromatic N) is 1. The van der Waals surface area contributed by atoms with Crippen LogP contribution in [0.1, 0.15) is 12.0 Å². The summed E-state index contributed by atoms with van der Waals surface area (Å²) in [5.41, 5.74) is 0.904. The van der Waals surface area contributed by atoms with Gasteiger partial charge < -0.3 is 24.3 Å². The van der Waals surface area contributed by atoms with Crippen LogP contribution in [0.3, 0.4) is 0 Å². The molecular weight excluding hydrogens is 360 g/mol. The number of nitriles is 1. The Morgan fingerprint density at radius 3 is 2.39 bits per heavy atom. The zero-order valence-electron chi connectivity index (χ0n) is 16.1. The minimum Gasteiger partial charge on any atom is -0.497 e. The van der Waals surface area contributed by atoms with E-state index in [4.69, 9.17) is 24.2 Å². The molecule has 0 heterocycles. The second-order valence-electron chi connectivity index (χ2n) is 5.76. The van der Waals surface area contributed by atoms with Crippen molar-refractivity contribution in [2.24, 2.45) is 0 Å². The van der Waals surface area contributed by atoms with Crippen molar-refractivity contribution in [3.63, 3.8) is 0 Å². The van der Waals surface area contributed by atoms with E-state index in [1.165, 1.54) is 0 Å². The van der Waals surface area contributed by atoms with Crippen LogP contribution >= 0.6 is 0 Å². The highest BCUT2D eigenvalue weighted by atomic mass is 16.5. The summed E-state index contributed by atoms with van der Waals surface area (Å²) in [6.45, 7) is 1.11. The number of benzene rings is 2. The van der Waals surface area contributed by atoms with E-state index in [9.17, 15) is 4.79 Å². The highest BCUT2D eigenvalue weighted by Gasteiger charge is 2.11. The summed E-state index contributed by atoms with van der Waals surface area (Å²) in [7, 11) is 3.19. The van der Waals surface area contributed by atoms with Gasteiger partial charge in [-0.2, -0.15) is 5.26 Å². The number of hydrogen-bond donors (Lipinski definition) is 1. The minimum atomic E-state index is -0.291. The van der Waals surface area contributed by atoms with E-state index in [-0.39, 0.29) is 12.3 Å². The van der Waals surface area contributed by atoms with Crippen molar-refractivity contribution in [1.82, 2.24) is 5.32 Å². The topological polar surface area (TPSA) is 89.8 Å². The van der Waals surface area contributed by atoms with E-state index < -0.39 is 0 Å². The van der Waals surface area contributed by atoms with Gasteiger partial charge >= 0.3 is 0 Å². The highest BCUT2D eigenvalue weighted by molar-refractivity contribution is 5.77. The molecule has 0 saturated heterocycles. The van der Waals surface area contributed by atoms with Gasteiger partial charge in [-0.15, -0.1) is 0 Å². The SMILES string of the molecule is COc1ccc(OCCOc2c(CCNC(=O)CC#N)cccc2OC)cc1. The van der Waals surface area contributed by atoms with Gasteiger partial charge in [0.25, 0.3) is 0 Å². The van der Waals surface area contributed by atoms with Crippen LogP contribution in [0.15, 0.2) is 42.5 Å². The lowest BCUT2D eigenvalue weighted by Crippen LogP contribution is -2.25. The predicted octanol–water partition coefficient (Wildman–Crippen LogP) is 2.73. The quantitative estimate of drug-likeness (QED) is 0.599. The number of carbonyl (C=O) groups is 1. The fraction of sp³-hybridized carbons (Fsp3) is 0.333. The second-order valence-corrected chi connectivity index (χ2v) is 5.76. The van der Waals surface area contributed by atoms with Crippen LogP contribution in [0.4, 0.5) is 0 Å². The highest BCUT2D eigenvalue weighted by Crippen LogP contribution is 2.31. The fourth-order valence-corrected chi connectivity index (χ4v) is 2.53. The summed E-state index contributed by atoms with van der Waals surface area (Å²) in [5, 5.41) is 11.2. The Morgan fingerprint density at radius 2 is 1.71 bits per heavy atom. The number of methoxy groups -OCH3 is 2. The van der Waals surface area contributed by atoms with Crippen LogP contribution < -0.4 is 24.3 Å². The normalized spacial score (nSPS) is 9.89. The van der Waals surface area contributed by atoms with Crippen LogP contribution in [0.2, 0.25) is 0 Å². The van der Waals surface area contributed by atoms with Gasteiger partial charge in [-0.25, -0.2) is 0 Å². The molecule has 0 aliphatic rings. The molecule has 7 heteroatoms. The molecule has 2 aromatic carbocycles. The molecule has 1 N–H and O–H groups in total. The second kappa shape index (κ2) is 11.3. The third-order valence-electron chi connectivity index (χ3n) is 3.89. The first kappa shape index (κ1) is 20.9. The maximum atomic E-state index is 11.4. The van der Waals surface area contributed by atoms with E-state index in [2.05, 4.69) is 5.32 Å². The molecule has 0 unspecified atom stereocenters. The molecule has 148 valence electrons. The summed E-state index contributed by atoms with van der Waals surface area (Å²) in [6.07, 6.45) is 0.410. The Hall–Kier alpha value is -3.40. The number of hydrogen-bond acceptors (Lipinski definition) is 6. The number of amides is 1. The Labute approximate surface area is 164 Å². The number of nitrogens with one attached hydrogen (secondary N) is 1. The average Bonchev–Trinajstić information content (AvgIpc) is 2.72. The summed E-state index contributed by atoms with van der Waals surface area (Å²) >= 11 is 0. The zero-order valence-corrected chi connectivity index (χ0v) is 16.1. The van der Waals surface area contributed by atoms with Crippen LogP contribution in [-0.2, 0) is 11.2 Å². The summed E-state index contributed by atoms with van der Waals surface area (Å²) < 4.78 is 22.1. The van der Waals surface area contributed by atoms with E-state index in [1.807, 2.05) is 48.5 Å². The Balaban J connectivity index is 1.89. The number of para-hydroxylation sites is 1. The molecule has 0 aromatic heterocycles. The predicted molar refractivity (Wildman–Crippen MR) is 104 cm³/mol. The Morgan fingerprint density at radius 1 is 1.00 bits per heavy atom. The number of rotatable bonds is 11. The molecule has 28 heavy (non-hydrogen) atoms. The third-order valence-corrected chi connectivity index (χ3v) is 3.89. The van der Waals surface area contributed by atoms with Gasteiger partial charge in [-0.1, -0.05) is 12.1 Å². The molecule has 0 bridgehead atoms. The maximum absolute atomic E-state index is 11.4. The van der Waals surface area contributed by atoms with Crippen molar-refractivity contribution < 1.29 is 23.7 Å². The first-order valence-electron chi connectivity index (χ1n) is 8.87. The van der Waals surface area contributed by atoms with E-state index in [1.54, 1.807) is 14.2 Å². The zero-order chi connectivity index (χ0) is 20.2. The molecule has 0 radical (unpaired) electrons. The van der Waals surface area contributed by atoms with Crippen molar-refractivity contribution in [2.75, 3.05) is 34.0 Å². The monoisotopic (exact) mass is 384 g/mol.